The molecule has 140 valence electrons. The topological polar surface area (TPSA) is 29.1 Å². The number of carbonyl (C=O) groups excluding carboxylic acids is 1. The lowest BCUT2D eigenvalue weighted by molar-refractivity contribution is -0.121. The van der Waals surface area contributed by atoms with Gasteiger partial charge in [0.2, 0.25) is 5.91 Å². The summed E-state index contributed by atoms with van der Waals surface area (Å²) in [6, 6.07) is 26.9. The molecule has 1 amide bonds. The first kappa shape index (κ1) is 18.2. The maximum absolute atomic E-state index is 13.1. The summed E-state index contributed by atoms with van der Waals surface area (Å²) in [4.78, 5) is 13.1. The smallest absolute Gasteiger partial charge is 0.235 e. The number of hydrogen-bond donors (Lipinski definition) is 1. The number of allylic oxidation sites excluding steroid dienone is 1. The van der Waals surface area contributed by atoms with E-state index in [9.17, 15) is 4.79 Å². The van der Waals surface area contributed by atoms with Gasteiger partial charge in [-0.15, -0.1) is 0 Å². The van der Waals surface area contributed by atoms with Crippen molar-refractivity contribution in [1.82, 2.24) is 0 Å². The fourth-order valence-electron chi connectivity index (χ4n) is 4.09. The summed E-state index contributed by atoms with van der Waals surface area (Å²) in [5.41, 5.74) is 5.25. The molecule has 0 saturated heterocycles. The van der Waals surface area contributed by atoms with Crippen molar-refractivity contribution in [3.8, 4) is 0 Å². The van der Waals surface area contributed by atoms with E-state index in [1.165, 1.54) is 16.7 Å². The maximum atomic E-state index is 13.1. The van der Waals surface area contributed by atoms with Crippen LogP contribution in [0.5, 0.6) is 0 Å². The zero-order valence-corrected chi connectivity index (χ0v) is 16.2. The Morgan fingerprint density at radius 2 is 1.61 bits per heavy atom. The van der Waals surface area contributed by atoms with E-state index >= 15 is 0 Å². The first-order valence-corrected chi connectivity index (χ1v) is 9.86. The van der Waals surface area contributed by atoms with Crippen molar-refractivity contribution in [1.29, 1.82) is 0 Å². The van der Waals surface area contributed by atoms with Gasteiger partial charge in [0.05, 0.1) is 5.41 Å². The maximum Gasteiger partial charge on any atom is 0.235 e. The highest BCUT2D eigenvalue weighted by atomic mass is 16.2. The summed E-state index contributed by atoms with van der Waals surface area (Å²) in [5, 5.41) is 3.11. The van der Waals surface area contributed by atoms with Crippen molar-refractivity contribution < 1.29 is 4.79 Å². The average Bonchev–Trinajstić information content (AvgIpc) is 3.00. The van der Waals surface area contributed by atoms with Crippen molar-refractivity contribution >= 4 is 17.7 Å². The summed E-state index contributed by atoms with van der Waals surface area (Å²) < 4.78 is 0. The molecule has 0 unspecified atom stereocenters. The van der Waals surface area contributed by atoms with Crippen LogP contribution in [-0.4, -0.2) is 5.91 Å². The fourth-order valence-corrected chi connectivity index (χ4v) is 4.09. The lowest BCUT2D eigenvalue weighted by Gasteiger charge is -2.26. The van der Waals surface area contributed by atoms with E-state index < -0.39 is 5.41 Å². The van der Waals surface area contributed by atoms with Gasteiger partial charge in [-0.25, -0.2) is 0 Å². The van der Waals surface area contributed by atoms with Crippen LogP contribution in [0.3, 0.4) is 0 Å². The summed E-state index contributed by atoms with van der Waals surface area (Å²) in [7, 11) is 0. The average molecular weight is 367 g/mol. The fraction of sp³-hybridized carbons (Fsp3) is 0.192. The van der Waals surface area contributed by atoms with Gasteiger partial charge in [-0.2, -0.15) is 0 Å². The van der Waals surface area contributed by atoms with Crippen LogP contribution < -0.4 is 5.32 Å². The molecule has 0 aliphatic carbocycles. The zero-order valence-electron chi connectivity index (χ0n) is 16.2. The van der Waals surface area contributed by atoms with E-state index in [0.717, 1.165) is 24.1 Å². The van der Waals surface area contributed by atoms with Gasteiger partial charge in [-0.3, -0.25) is 4.79 Å². The number of carbonyl (C=O) groups is 1. The number of hydrogen-bond acceptors (Lipinski definition) is 1. The van der Waals surface area contributed by atoms with Gasteiger partial charge in [0.25, 0.3) is 0 Å². The van der Waals surface area contributed by atoms with Crippen molar-refractivity contribution in [2.75, 3.05) is 5.32 Å². The molecule has 1 N–H and O–H groups in total. The highest BCUT2D eigenvalue weighted by molar-refractivity contribution is 6.06. The van der Waals surface area contributed by atoms with Gasteiger partial charge in [0.1, 0.15) is 0 Å². The highest BCUT2D eigenvalue weighted by Crippen LogP contribution is 2.44. The van der Waals surface area contributed by atoms with Crippen LogP contribution in [0.15, 0.2) is 84.9 Å². The standard InChI is InChI=1S/C26H25NO/c1-20-10-5-6-13-22(20)14-9-18-26(19-17-21-11-3-2-4-12-21)23-15-7-8-16-24(23)27-25(26)28/h2-16H,17-19H2,1H3,(H,27,28)/b14-9+/t26-/m0/s1. The number of anilines is 1. The van der Waals surface area contributed by atoms with E-state index in [-0.39, 0.29) is 5.91 Å². The molecule has 0 fully saturated rings. The molecule has 28 heavy (non-hydrogen) atoms. The number of nitrogens with one attached hydrogen (secondary N) is 1. The monoisotopic (exact) mass is 367 g/mol. The second kappa shape index (κ2) is 7.85. The Balaban J connectivity index is 1.64. The minimum Gasteiger partial charge on any atom is -0.325 e. The molecule has 3 aromatic carbocycles. The third kappa shape index (κ3) is 3.50. The molecule has 1 aliphatic rings. The second-order valence-corrected chi connectivity index (χ2v) is 7.53. The first-order chi connectivity index (χ1) is 13.7. The van der Waals surface area contributed by atoms with Gasteiger partial charge in [0.15, 0.2) is 0 Å². The summed E-state index contributed by atoms with van der Waals surface area (Å²) >= 11 is 0. The Morgan fingerprint density at radius 3 is 2.43 bits per heavy atom. The zero-order chi connectivity index (χ0) is 19.4. The van der Waals surface area contributed by atoms with Crippen LogP contribution in [0.2, 0.25) is 0 Å². The number of amides is 1. The molecule has 0 saturated carbocycles. The Hall–Kier alpha value is -3.13. The van der Waals surface area contributed by atoms with Crippen LogP contribution in [0.4, 0.5) is 5.69 Å². The number of para-hydroxylation sites is 1. The van der Waals surface area contributed by atoms with E-state index in [4.69, 9.17) is 0 Å². The van der Waals surface area contributed by atoms with Crippen LogP contribution in [0, 0.1) is 6.92 Å². The molecule has 1 atom stereocenters. The third-order valence-electron chi connectivity index (χ3n) is 5.76. The largest absolute Gasteiger partial charge is 0.325 e. The number of benzene rings is 3. The van der Waals surface area contributed by atoms with Gasteiger partial charge in [-0.1, -0.05) is 84.9 Å². The van der Waals surface area contributed by atoms with Crippen LogP contribution >= 0.6 is 0 Å². The molecule has 0 spiro atoms. The van der Waals surface area contributed by atoms with Crippen LogP contribution in [-0.2, 0) is 16.6 Å². The Labute approximate surface area is 166 Å². The quantitative estimate of drug-likeness (QED) is 0.575. The molecule has 1 aliphatic heterocycles. The molecular weight excluding hydrogens is 342 g/mol. The molecule has 4 rings (SSSR count). The molecule has 3 aromatic rings. The van der Waals surface area contributed by atoms with E-state index in [1.807, 2.05) is 24.3 Å². The van der Waals surface area contributed by atoms with E-state index in [0.29, 0.717) is 6.42 Å². The molecule has 0 aromatic heterocycles. The Bertz CT molecular complexity index is 1010. The lowest BCUT2D eigenvalue weighted by Crippen LogP contribution is -2.34. The van der Waals surface area contributed by atoms with Gasteiger partial charge < -0.3 is 5.32 Å². The Kier molecular flexibility index (Phi) is 5.12. The second-order valence-electron chi connectivity index (χ2n) is 7.53. The van der Waals surface area contributed by atoms with Crippen LogP contribution in [0.25, 0.3) is 6.08 Å². The molecular formula is C26H25NO. The van der Waals surface area contributed by atoms with Gasteiger partial charge in [0, 0.05) is 5.69 Å². The molecule has 2 heteroatoms. The molecule has 2 nitrogen and oxygen atoms in total. The first-order valence-electron chi connectivity index (χ1n) is 9.86. The van der Waals surface area contributed by atoms with Crippen LogP contribution in [0.1, 0.15) is 35.1 Å². The highest BCUT2D eigenvalue weighted by Gasteiger charge is 2.45. The molecule has 0 radical (unpaired) electrons. The van der Waals surface area contributed by atoms with Crippen molar-refractivity contribution in [3.63, 3.8) is 0 Å². The lowest BCUT2D eigenvalue weighted by atomic mass is 9.74. The normalized spacial score (nSPS) is 18.2. The SMILES string of the molecule is Cc1ccccc1/C=C/C[C@@]1(CCc2ccccc2)C(=O)Nc2ccccc21. The predicted molar refractivity (Wildman–Crippen MR) is 116 cm³/mol. The van der Waals surface area contributed by atoms with Crippen molar-refractivity contribution in [3.05, 3.63) is 107 Å². The number of rotatable bonds is 6. The van der Waals surface area contributed by atoms with E-state index in [2.05, 4.69) is 79.0 Å². The molecule has 0 bridgehead atoms. The van der Waals surface area contributed by atoms with Gasteiger partial charge >= 0.3 is 0 Å². The van der Waals surface area contributed by atoms with E-state index in [1.54, 1.807) is 0 Å². The summed E-state index contributed by atoms with van der Waals surface area (Å²) in [6.07, 6.45) is 6.67. The molecule has 1 heterocycles. The minimum absolute atomic E-state index is 0.110. The summed E-state index contributed by atoms with van der Waals surface area (Å²) in [5.74, 6) is 0.110. The summed E-state index contributed by atoms with van der Waals surface area (Å²) in [6.45, 7) is 2.11. The number of aryl methyl sites for hydroxylation is 2. The Morgan fingerprint density at radius 1 is 0.893 bits per heavy atom. The number of fused-ring (bicyclic) bond motifs is 1. The predicted octanol–water partition coefficient (Wildman–Crippen LogP) is 5.92. The van der Waals surface area contributed by atoms with Gasteiger partial charge in [-0.05, 0) is 54.5 Å². The minimum atomic E-state index is -0.522. The van der Waals surface area contributed by atoms with Crippen molar-refractivity contribution in [2.45, 2.75) is 31.6 Å². The third-order valence-corrected chi connectivity index (χ3v) is 5.76. The van der Waals surface area contributed by atoms with Crippen molar-refractivity contribution in [2.24, 2.45) is 0 Å².